The number of amides is 1. The zero-order valence-electron chi connectivity index (χ0n) is 10.3. The summed E-state index contributed by atoms with van der Waals surface area (Å²) in [7, 11) is 0. The van der Waals surface area contributed by atoms with Crippen molar-refractivity contribution in [1.29, 1.82) is 0 Å². The zero-order valence-corrected chi connectivity index (χ0v) is 11.1. The average molecular weight is 294 g/mol. The van der Waals surface area contributed by atoms with Crippen LogP contribution in [0.3, 0.4) is 0 Å². The molecule has 0 radical (unpaired) electrons. The Morgan fingerprint density at radius 3 is 2.75 bits per heavy atom. The molecule has 2 aromatic rings. The van der Waals surface area contributed by atoms with E-state index in [0.29, 0.717) is 27.9 Å². The largest absolute Gasteiger partial charge is 0.465 e. The molecule has 0 aliphatic carbocycles. The Bertz CT molecular complexity index is 617. The number of carbonyl (C=O) groups is 1. The molecule has 1 amide bonds. The molecule has 1 heterocycles. The molecule has 0 saturated heterocycles. The van der Waals surface area contributed by atoms with Gasteiger partial charge in [0.1, 0.15) is 16.7 Å². The number of nitrogens with one attached hydrogen (secondary N) is 1. The lowest BCUT2D eigenvalue weighted by molar-refractivity contribution is 0.194. The third-order valence-electron chi connectivity index (χ3n) is 2.48. The highest BCUT2D eigenvalue weighted by Gasteiger charge is 2.05. The summed E-state index contributed by atoms with van der Waals surface area (Å²) in [5.41, 5.74) is 6.89. The van der Waals surface area contributed by atoms with E-state index in [1.54, 1.807) is 30.3 Å². The predicted octanol–water partition coefficient (Wildman–Crippen LogP) is 2.88. The summed E-state index contributed by atoms with van der Waals surface area (Å²) in [4.78, 5) is 14.4. The molecule has 0 atom stereocenters. The average Bonchev–Trinajstić information content (AvgIpc) is 2.42. The normalized spacial score (nSPS) is 10.1. The molecule has 2 rings (SSSR count). The van der Waals surface area contributed by atoms with Gasteiger partial charge in [0, 0.05) is 12.2 Å². The number of anilines is 1. The number of hydrogen-bond acceptors (Lipinski definition) is 4. The Kier molecular flexibility index (Phi) is 4.27. The Balaban J connectivity index is 2.14. The molecule has 1 aromatic heterocycles. The van der Waals surface area contributed by atoms with E-state index in [1.165, 1.54) is 6.20 Å². The van der Waals surface area contributed by atoms with Gasteiger partial charge in [0.2, 0.25) is 0 Å². The molecule has 104 valence electrons. The number of halogens is 1. The number of nitrogens with two attached hydrogens (primary N) is 1. The highest BCUT2D eigenvalue weighted by atomic mass is 35.5. The van der Waals surface area contributed by atoms with Gasteiger partial charge < -0.3 is 20.9 Å². The summed E-state index contributed by atoms with van der Waals surface area (Å²) in [5, 5.41) is 11.2. The van der Waals surface area contributed by atoms with Gasteiger partial charge in [-0.15, -0.1) is 0 Å². The predicted molar refractivity (Wildman–Crippen MR) is 75.0 cm³/mol. The molecule has 6 nitrogen and oxygen atoms in total. The van der Waals surface area contributed by atoms with Crippen LogP contribution in [0.2, 0.25) is 5.15 Å². The summed E-state index contributed by atoms with van der Waals surface area (Å²) in [6, 6.07) is 8.30. The van der Waals surface area contributed by atoms with Gasteiger partial charge in [0.05, 0.1) is 6.20 Å². The van der Waals surface area contributed by atoms with Gasteiger partial charge in [-0.3, -0.25) is 0 Å². The number of nitrogens with zero attached hydrogens (tertiary/aromatic N) is 1. The van der Waals surface area contributed by atoms with Crippen molar-refractivity contribution >= 4 is 23.4 Å². The van der Waals surface area contributed by atoms with Crippen LogP contribution in [-0.4, -0.2) is 16.2 Å². The Morgan fingerprint density at radius 2 is 2.10 bits per heavy atom. The van der Waals surface area contributed by atoms with E-state index in [2.05, 4.69) is 10.3 Å². The summed E-state index contributed by atoms with van der Waals surface area (Å²) in [6.07, 6.45) is 0.381. The molecule has 20 heavy (non-hydrogen) atoms. The van der Waals surface area contributed by atoms with E-state index in [0.717, 1.165) is 0 Å². The van der Waals surface area contributed by atoms with E-state index in [4.69, 9.17) is 27.2 Å². The molecule has 4 N–H and O–H groups in total. The molecule has 1 aromatic carbocycles. The quantitative estimate of drug-likeness (QED) is 0.595. The minimum absolute atomic E-state index is 0.108. The van der Waals surface area contributed by atoms with Gasteiger partial charge in [-0.1, -0.05) is 11.6 Å². The molecule has 0 aliphatic rings. The van der Waals surface area contributed by atoms with Crippen molar-refractivity contribution in [3.05, 3.63) is 47.2 Å². The van der Waals surface area contributed by atoms with Crippen LogP contribution >= 0.6 is 11.6 Å². The van der Waals surface area contributed by atoms with E-state index in [-0.39, 0.29) is 6.54 Å². The second-order valence-corrected chi connectivity index (χ2v) is 4.33. The van der Waals surface area contributed by atoms with Crippen LogP contribution < -0.4 is 15.8 Å². The standard InChI is InChI=1S/C13H12ClN3O3/c14-12-4-2-10(7-16-12)20-9-1-3-11(15)8(5-9)6-17-13(18)19/h1-5,7,17H,6,15H2,(H,18,19). The Labute approximate surface area is 120 Å². The van der Waals surface area contributed by atoms with Crippen LogP contribution in [0, 0.1) is 0 Å². The maximum absolute atomic E-state index is 10.5. The van der Waals surface area contributed by atoms with Crippen LogP contribution in [-0.2, 0) is 6.54 Å². The highest BCUT2D eigenvalue weighted by molar-refractivity contribution is 6.29. The first-order valence-electron chi connectivity index (χ1n) is 5.69. The summed E-state index contributed by atoms with van der Waals surface area (Å²) < 4.78 is 5.58. The first kappa shape index (κ1) is 14.0. The van der Waals surface area contributed by atoms with Crippen molar-refractivity contribution in [2.75, 3.05) is 5.73 Å². The number of hydrogen-bond donors (Lipinski definition) is 3. The highest BCUT2D eigenvalue weighted by Crippen LogP contribution is 2.25. The van der Waals surface area contributed by atoms with E-state index < -0.39 is 6.09 Å². The molecule has 0 saturated carbocycles. The zero-order chi connectivity index (χ0) is 14.5. The number of ether oxygens (including phenoxy) is 1. The molecule has 0 unspecified atom stereocenters. The van der Waals surface area contributed by atoms with Crippen molar-refractivity contribution in [1.82, 2.24) is 10.3 Å². The SMILES string of the molecule is Nc1ccc(Oc2ccc(Cl)nc2)cc1CNC(=O)O. The maximum Gasteiger partial charge on any atom is 0.404 e. The second kappa shape index (κ2) is 6.12. The Hall–Kier alpha value is -2.47. The number of carboxylic acid groups (broad SMARTS) is 1. The number of rotatable bonds is 4. The van der Waals surface area contributed by atoms with Crippen LogP contribution in [0.25, 0.3) is 0 Å². The molecule has 0 aliphatic heterocycles. The van der Waals surface area contributed by atoms with Gasteiger partial charge in [-0.05, 0) is 35.9 Å². The molecular formula is C13H12ClN3O3. The van der Waals surface area contributed by atoms with Crippen molar-refractivity contribution in [3.8, 4) is 11.5 Å². The molecule has 0 fully saturated rings. The minimum atomic E-state index is -1.11. The third-order valence-corrected chi connectivity index (χ3v) is 2.70. The van der Waals surface area contributed by atoms with E-state index in [9.17, 15) is 4.79 Å². The lowest BCUT2D eigenvalue weighted by Gasteiger charge is -2.10. The van der Waals surface area contributed by atoms with Crippen LogP contribution in [0.4, 0.5) is 10.5 Å². The van der Waals surface area contributed by atoms with Crippen LogP contribution in [0.1, 0.15) is 5.56 Å². The maximum atomic E-state index is 10.5. The second-order valence-electron chi connectivity index (χ2n) is 3.94. The van der Waals surface area contributed by atoms with Crippen molar-refractivity contribution in [2.24, 2.45) is 0 Å². The summed E-state index contributed by atoms with van der Waals surface area (Å²) >= 11 is 5.68. The molecule has 0 bridgehead atoms. The number of pyridine rings is 1. The number of aromatic nitrogens is 1. The van der Waals surface area contributed by atoms with Gasteiger partial charge in [0.25, 0.3) is 0 Å². The van der Waals surface area contributed by atoms with Crippen LogP contribution in [0.15, 0.2) is 36.5 Å². The van der Waals surface area contributed by atoms with Gasteiger partial charge in [-0.2, -0.15) is 0 Å². The fourth-order valence-corrected chi connectivity index (χ4v) is 1.64. The topological polar surface area (TPSA) is 97.5 Å². The van der Waals surface area contributed by atoms with E-state index >= 15 is 0 Å². The van der Waals surface area contributed by atoms with Crippen molar-refractivity contribution in [2.45, 2.75) is 6.54 Å². The first-order valence-corrected chi connectivity index (χ1v) is 6.07. The fourth-order valence-electron chi connectivity index (χ4n) is 1.53. The lowest BCUT2D eigenvalue weighted by Crippen LogP contribution is -2.20. The van der Waals surface area contributed by atoms with Gasteiger partial charge in [-0.25, -0.2) is 9.78 Å². The third kappa shape index (κ3) is 3.76. The summed E-state index contributed by atoms with van der Waals surface area (Å²) in [6.45, 7) is 0.108. The number of benzene rings is 1. The van der Waals surface area contributed by atoms with Crippen LogP contribution in [0.5, 0.6) is 11.5 Å². The first-order chi connectivity index (χ1) is 9.54. The van der Waals surface area contributed by atoms with Gasteiger partial charge in [0.15, 0.2) is 0 Å². The molecule has 0 spiro atoms. The lowest BCUT2D eigenvalue weighted by atomic mass is 10.1. The monoisotopic (exact) mass is 293 g/mol. The Morgan fingerprint density at radius 1 is 1.35 bits per heavy atom. The molecular weight excluding hydrogens is 282 g/mol. The van der Waals surface area contributed by atoms with E-state index in [1.807, 2.05) is 0 Å². The minimum Gasteiger partial charge on any atom is -0.465 e. The van der Waals surface area contributed by atoms with Gasteiger partial charge >= 0.3 is 6.09 Å². The van der Waals surface area contributed by atoms with Crippen molar-refractivity contribution in [3.63, 3.8) is 0 Å². The summed E-state index contributed by atoms with van der Waals surface area (Å²) in [5.74, 6) is 1.06. The molecule has 7 heteroatoms. The smallest absolute Gasteiger partial charge is 0.404 e. The number of nitrogen functional groups attached to an aromatic ring is 1. The fraction of sp³-hybridized carbons (Fsp3) is 0.0769. The van der Waals surface area contributed by atoms with Crippen molar-refractivity contribution < 1.29 is 14.6 Å².